The van der Waals surface area contributed by atoms with E-state index in [0.29, 0.717) is 6.04 Å². The Hall–Kier alpha value is -0.650. The number of carbonyl (C=O) groups excluding carboxylic acids is 1. The van der Waals surface area contributed by atoms with E-state index in [2.05, 4.69) is 23.6 Å². The number of nitrogens with zero attached hydrogens (tertiary/aromatic N) is 3. The van der Waals surface area contributed by atoms with Gasteiger partial charge in [0.25, 0.3) is 0 Å². The van der Waals surface area contributed by atoms with Gasteiger partial charge in [0.15, 0.2) is 0 Å². The number of hydrogen-bond donors (Lipinski definition) is 0. The van der Waals surface area contributed by atoms with Crippen LogP contribution in [0.3, 0.4) is 0 Å². The van der Waals surface area contributed by atoms with E-state index in [0.717, 1.165) is 45.3 Å². The maximum absolute atomic E-state index is 11.4. The lowest BCUT2D eigenvalue weighted by Crippen LogP contribution is -2.54. The average molecular weight is 311 g/mol. The summed E-state index contributed by atoms with van der Waals surface area (Å²) in [7, 11) is 0. The topological polar surface area (TPSA) is 36.0 Å². The first-order valence-corrected chi connectivity index (χ1v) is 8.89. The summed E-state index contributed by atoms with van der Waals surface area (Å²) in [6.45, 7) is 15.4. The van der Waals surface area contributed by atoms with Crippen LogP contribution in [0.25, 0.3) is 0 Å². The summed E-state index contributed by atoms with van der Waals surface area (Å²) in [6.07, 6.45) is 2.33. The molecule has 2 aliphatic rings. The number of ether oxygens (including phenoxy) is 1. The molecule has 0 bridgehead atoms. The van der Waals surface area contributed by atoms with E-state index >= 15 is 0 Å². The van der Waals surface area contributed by atoms with Gasteiger partial charge in [-0.3, -0.25) is 9.69 Å². The highest BCUT2D eigenvalue weighted by Crippen LogP contribution is 2.20. The van der Waals surface area contributed by atoms with Crippen LogP contribution >= 0.6 is 0 Å². The largest absolute Gasteiger partial charge is 0.380 e. The summed E-state index contributed by atoms with van der Waals surface area (Å²) >= 11 is 0. The van der Waals surface area contributed by atoms with E-state index in [1.54, 1.807) is 6.92 Å². The van der Waals surface area contributed by atoms with E-state index in [1.165, 1.54) is 32.5 Å². The van der Waals surface area contributed by atoms with Gasteiger partial charge in [0.05, 0.1) is 6.61 Å². The number of amides is 1. The fourth-order valence-corrected chi connectivity index (χ4v) is 3.69. The quantitative estimate of drug-likeness (QED) is 0.693. The summed E-state index contributed by atoms with van der Waals surface area (Å²) in [5, 5.41) is 0. The van der Waals surface area contributed by atoms with E-state index in [9.17, 15) is 4.79 Å². The molecule has 2 heterocycles. The molecule has 1 amide bonds. The van der Waals surface area contributed by atoms with Crippen molar-refractivity contribution in [1.82, 2.24) is 14.7 Å². The van der Waals surface area contributed by atoms with Gasteiger partial charge in [0.2, 0.25) is 5.91 Å². The number of carbonyl (C=O) groups is 1. The average Bonchev–Trinajstić information content (AvgIpc) is 2.50. The molecule has 2 aliphatic heterocycles. The van der Waals surface area contributed by atoms with Gasteiger partial charge in [-0.25, -0.2) is 0 Å². The van der Waals surface area contributed by atoms with Gasteiger partial charge in [0.1, 0.15) is 0 Å². The molecule has 5 heteroatoms. The predicted molar refractivity (Wildman–Crippen MR) is 88.9 cm³/mol. The van der Waals surface area contributed by atoms with Crippen LogP contribution in [0.1, 0.15) is 33.6 Å². The lowest BCUT2D eigenvalue weighted by molar-refractivity contribution is -0.130. The highest BCUT2D eigenvalue weighted by molar-refractivity contribution is 5.73. The minimum Gasteiger partial charge on any atom is -0.380 e. The van der Waals surface area contributed by atoms with Crippen LogP contribution in [-0.4, -0.2) is 85.7 Å². The van der Waals surface area contributed by atoms with Crippen molar-refractivity contribution in [3.05, 3.63) is 0 Å². The Kier molecular flexibility index (Phi) is 7.12. The second-order valence-electron chi connectivity index (χ2n) is 6.79. The maximum atomic E-state index is 11.4. The fourth-order valence-electron chi connectivity index (χ4n) is 3.69. The lowest BCUT2D eigenvalue weighted by atomic mass is 9.95. The molecule has 2 fully saturated rings. The van der Waals surface area contributed by atoms with Crippen LogP contribution < -0.4 is 0 Å². The van der Waals surface area contributed by atoms with Gasteiger partial charge in [-0.05, 0) is 32.6 Å². The van der Waals surface area contributed by atoms with Crippen LogP contribution in [-0.2, 0) is 9.53 Å². The third-order valence-corrected chi connectivity index (χ3v) is 5.15. The molecule has 22 heavy (non-hydrogen) atoms. The molecule has 0 aliphatic carbocycles. The van der Waals surface area contributed by atoms with Gasteiger partial charge in [-0.15, -0.1) is 0 Å². The Morgan fingerprint density at radius 1 is 1.18 bits per heavy atom. The van der Waals surface area contributed by atoms with Crippen molar-refractivity contribution < 1.29 is 9.53 Å². The van der Waals surface area contributed by atoms with Crippen LogP contribution in [0.2, 0.25) is 0 Å². The summed E-state index contributed by atoms with van der Waals surface area (Å²) < 4.78 is 5.47. The second-order valence-corrected chi connectivity index (χ2v) is 6.79. The second kappa shape index (κ2) is 8.85. The van der Waals surface area contributed by atoms with Gasteiger partial charge >= 0.3 is 0 Å². The highest BCUT2D eigenvalue weighted by Gasteiger charge is 2.27. The number of hydrogen-bond acceptors (Lipinski definition) is 4. The van der Waals surface area contributed by atoms with Gasteiger partial charge in [0, 0.05) is 65.4 Å². The minimum absolute atomic E-state index is 0.231. The minimum atomic E-state index is 0.231. The SMILES string of the molecule is CCOCCN1CCN(CC2CCN(C(C)=O)CC2)CC1C. The molecule has 2 rings (SSSR count). The van der Waals surface area contributed by atoms with E-state index in [-0.39, 0.29) is 5.91 Å². The number of piperazine rings is 1. The molecule has 0 aromatic heterocycles. The zero-order valence-electron chi connectivity index (χ0n) is 14.6. The van der Waals surface area contributed by atoms with Crippen molar-refractivity contribution in [1.29, 1.82) is 0 Å². The van der Waals surface area contributed by atoms with Gasteiger partial charge in [-0.1, -0.05) is 0 Å². The Balaban J connectivity index is 1.67. The van der Waals surface area contributed by atoms with Crippen LogP contribution in [0.4, 0.5) is 0 Å². The van der Waals surface area contributed by atoms with Crippen molar-refractivity contribution >= 4 is 5.91 Å². The monoisotopic (exact) mass is 311 g/mol. The normalized spacial score (nSPS) is 25.6. The molecule has 0 N–H and O–H groups in total. The number of rotatable bonds is 6. The molecular weight excluding hydrogens is 278 g/mol. The molecule has 0 spiro atoms. The smallest absolute Gasteiger partial charge is 0.219 e. The van der Waals surface area contributed by atoms with Gasteiger partial charge in [-0.2, -0.15) is 0 Å². The third-order valence-electron chi connectivity index (χ3n) is 5.15. The molecule has 128 valence electrons. The molecule has 2 saturated heterocycles. The van der Waals surface area contributed by atoms with E-state index in [4.69, 9.17) is 4.74 Å². The molecule has 1 unspecified atom stereocenters. The molecule has 1 atom stereocenters. The zero-order valence-corrected chi connectivity index (χ0v) is 14.6. The lowest BCUT2D eigenvalue weighted by Gasteiger charge is -2.42. The first-order chi connectivity index (χ1) is 10.6. The maximum Gasteiger partial charge on any atom is 0.219 e. The Morgan fingerprint density at radius 2 is 1.91 bits per heavy atom. The molecule has 0 aromatic carbocycles. The Bertz CT molecular complexity index is 343. The fraction of sp³-hybridized carbons (Fsp3) is 0.941. The molecule has 0 aromatic rings. The molecule has 0 saturated carbocycles. The first-order valence-electron chi connectivity index (χ1n) is 8.89. The summed E-state index contributed by atoms with van der Waals surface area (Å²) in [5.41, 5.74) is 0. The van der Waals surface area contributed by atoms with Crippen LogP contribution in [0.5, 0.6) is 0 Å². The molecular formula is C17H33N3O2. The predicted octanol–water partition coefficient (Wildman–Crippen LogP) is 1.29. The van der Waals surface area contributed by atoms with Crippen molar-refractivity contribution in [3.8, 4) is 0 Å². The van der Waals surface area contributed by atoms with Crippen LogP contribution in [0.15, 0.2) is 0 Å². The molecule has 0 radical (unpaired) electrons. The number of piperidine rings is 1. The van der Waals surface area contributed by atoms with E-state index < -0.39 is 0 Å². The summed E-state index contributed by atoms with van der Waals surface area (Å²) in [6, 6.07) is 0.617. The summed E-state index contributed by atoms with van der Waals surface area (Å²) in [4.78, 5) is 18.5. The number of likely N-dealkylation sites (tertiary alicyclic amines) is 1. The Labute approximate surface area is 135 Å². The van der Waals surface area contributed by atoms with Crippen LogP contribution in [0, 0.1) is 5.92 Å². The first kappa shape index (κ1) is 17.7. The third kappa shape index (κ3) is 5.21. The van der Waals surface area contributed by atoms with E-state index in [1.807, 2.05) is 4.90 Å². The standard InChI is InChI=1S/C17H33N3O2/c1-4-22-12-11-19-10-9-18(13-15(19)2)14-17-5-7-20(8-6-17)16(3)21/h15,17H,4-14H2,1-3H3. The van der Waals surface area contributed by atoms with Crippen molar-refractivity contribution in [2.75, 3.05) is 59.0 Å². The summed E-state index contributed by atoms with van der Waals surface area (Å²) in [5.74, 6) is 0.993. The Morgan fingerprint density at radius 3 is 2.50 bits per heavy atom. The zero-order chi connectivity index (χ0) is 15.9. The van der Waals surface area contributed by atoms with Gasteiger partial charge < -0.3 is 14.5 Å². The van der Waals surface area contributed by atoms with Crippen molar-refractivity contribution in [2.45, 2.75) is 39.7 Å². The van der Waals surface area contributed by atoms with Crippen molar-refractivity contribution in [3.63, 3.8) is 0 Å². The van der Waals surface area contributed by atoms with Crippen molar-refractivity contribution in [2.24, 2.45) is 5.92 Å². The highest BCUT2D eigenvalue weighted by atomic mass is 16.5. The molecule has 5 nitrogen and oxygen atoms in total.